The first-order valence-electron chi connectivity index (χ1n) is 9.58. The standard InChI is InChI=1S/C20H20N8O/c1-13(29)27-8-6-16(12-27)23-18-10-22-19-20(24-18)28(26-25-19)11-14-4-5-17-15(9-14)3-2-7-21-17/h2-5,7,9-10,16H,6,8,11-12H2,1H3,(H,23,24)/t16-/m1/s1. The maximum atomic E-state index is 11.5. The van der Waals surface area contributed by atoms with E-state index in [-0.39, 0.29) is 11.9 Å². The Kier molecular flexibility index (Phi) is 4.27. The zero-order valence-corrected chi connectivity index (χ0v) is 16.0. The molecule has 1 N–H and O–H groups in total. The van der Waals surface area contributed by atoms with E-state index >= 15 is 0 Å². The lowest BCUT2D eigenvalue weighted by atomic mass is 10.1. The highest BCUT2D eigenvalue weighted by atomic mass is 16.2. The lowest BCUT2D eigenvalue weighted by Crippen LogP contribution is -2.29. The number of likely N-dealkylation sites (tertiary alicyclic amines) is 1. The SMILES string of the molecule is CC(=O)N1CC[C@@H](Nc2cnc3nnn(Cc4ccc5ncccc5c4)c3n2)C1. The molecule has 0 saturated carbocycles. The van der Waals surface area contributed by atoms with E-state index in [1.54, 1.807) is 24.0 Å². The van der Waals surface area contributed by atoms with E-state index in [0.717, 1.165) is 29.4 Å². The minimum atomic E-state index is 0.101. The van der Waals surface area contributed by atoms with Crippen molar-refractivity contribution in [1.29, 1.82) is 0 Å². The second-order valence-electron chi connectivity index (χ2n) is 7.27. The molecule has 1 saturated heterocycles. The Morgan fingerprint density at radius 3 is 3.07 bits per heavy atom. The predicted octanol–water partition coefficient (Wildman–Crippen LogP) is 1.85. The first kappa shape index (κ1) is 17.5. The average molecular weight is 388 g/mol. The van der Waals surface area contributed by atoms with Crippen LogP contribution >= 0.6 is 0 Å². The molecular formula is C20H20N8O. The number of fused-ring (bicyclic) bond motifs is 2. The Balaban J connectivity index is 1.38. The van der Waals surface area contributed by atoms with Gasteiger partial charge >= 0.3 is 0 Å². The molecule has 9 nitrogen and oxygen atoms in total. The zero-order valence-electron chi connectivity index (χ0n) is 16.0. The average Bonchev–Trinajstić information content (AvgIpc) is 3.35. The summed E-state index contributed by atoms with van der Waals surface area (Å²) in [6.07, 6.45) is 4.35. The van der Waals surface area contributed by atoms with Gasteiger partial charge in [0.15, 0.2) is 5.65 Å². The van der Waals surface area contributed by atoms with Crippen molar-refractivity contribution >= 4 is 33.9 Å². The molecule has 1 aliphatic heterocycles. The molecule has 1 aromatic carbocycles. The number of aromatic nitrogens is 6. The molecule has 29 heavy (non-hydrogen) atoms. The quantitative estimate of drug-likeness (QED) is 0.569. The first-order valence-corrected chi connectivity index (χ1v) is 9.58. The molecule has 5 rings (SSSR count). The van der Waals surface area contributed by atoms with Gasteiger partial charge in [-0.15, -0.1) is 5.10 Å². The molecule has 0 spiro atoms. The van der Waals surface area contributed by atoms with Crippen LogP contribution in [0, 0.1) is 0 Å². The number of hydrogen-bond donors (Lipinski definition) is 1. The zero-order chi connectivity index (χ0) is 19.8. The van der Waals surface area contributed by atoms with E-state index in [4.69, 9.17) is 0 Å². The number of carbonyl (C=O) groups excluding carboxylic acids is 1. The topological polar surface area (TPSA) is 102 Å². The van der Waals surface area contributed by atoms with Crippen molar-refractivity contribution in [2.24, 2.45) is 0 Å². The second kappa shape index (κ2) is 7.08. The van der Waals surface area contributed by atoms with Crippen LogP contribution in [0.25, 0.3) is 22.2 Å². The number of hydrogen-bond acceptors (Lipinski definition) is 7. The molecule has 0 aliphatic carbocycles. The van der Waals surface area contributed by atoms with E-state index in [1.165, 1.54) is 0 Å². The summed E-state index contributed by atoms with van der Waals surface area (Å²) in [5.74, 6) is 0.767. The largest absolute Gasteiger partial charge is 0.364 e. The maximum absolute atomic E-state index is 11.5. The number of rotatable bonds is 4. The monoisotopic (exact) mass is 388 g/mol. The highest BCUT2D eigenvalue weighted by molar-refractivity contribution is 5.79. The summed E-state index contributed by atoms with van der Waals surface area (Å²) in [5.41, 5.74) is 3.19. The summed E-state index contributed by atoms with van der Waals surface area (Å²) in [6, 6.07) is 10.3. The van der Waals surface area contributed by atoms with Crippen molar-refractivity contribution in [2.75, 3.05) is 18.4 Å². The van der Waals surface area contributed by atoms with Gasteiger partial charge in [-0.25, -0.2) is 14.6 Å². The Hall–Kier alpha value is -3.62. The van der Waals surface area contributed by atoms with Gasteiger partial charge in [-0.2, -0.15) is 0 Å². The molecular weight excluding hydrogens is 368 g/mol. The van der Waals surface area contributed by atoms with Gasteiger partial charge in [0, 0.05) is 37.6 Å². The molecule has 3 aromatic heterocycles. The van der Waals surface area contributed by atoms with Gasteiger partial charge in [0.2, 0.25) is 11.6 Å². The Labute approximate surface area is 166 Å². The van der Waals surface area contributed by atoms with Crippen molar-refractivity contribution in [3.05, 3.63) is 48.3 Å². The fourth-order valence-electron chi connectivity index (χ4n) is 3.70. The van der Waals surface area contributed by atoms with Crippen molar-refractivity contribution in [2.45, 2.75) is 25.9 Å². The Bertz CT molecular complexity index is 1200. The second-order valence-corrected chi connectivity index (χ2v) is 7.27. The smallest absolute Gasteiger partial charge is 0.221 e. The van der Waals surface area contributed by atoms with Gasteiger partial charge in [-0.1, -0.05) is 17.3 Å². The van der Waals surface area contributed by atoms with E-state index in [0.29, 0.717) is 30.2 Å². The van der Waals surface area contributed by atoms with Crippen LogP contribution in [-0.4, -0.2) is 59.9 Å². The first-order chi connectivity index (χ1) is 14.2. The van der Waals surface area contributed by atoms with Crippen LogP contribution in [0.3, 0.4) is 0 Å². The normalized spacial score (nSPS) is 16.6. The molecule has 4 heterocycles. The molecule has 146 valence electrons. The minimum Gasteiger partial charge on any atom is -0.364 e. The van der Waals surface area contributed by atoms with E-state index in [9.17, 15) is 4.79 Å². The predicted molar refractivity (Wildman–Crippen MR) is 108 cm³/mol. The molecule has 4 aromatic rings. The summed E-state index contributed by atoms with van der Waals surface area (Å²) in [5, 5.41) is 12.8. The number of benzene rings is 1. The van der Waals surface area contributed by atoms with E-state index in [1.807, 2.05) is 29.2 Å². The lowest BCUT2D eigenvalue weighted by molar-refractivity contribution is -0.127. The Morgan fingerprint density at radius 2 is 2.21 bits per heavy atom. The fourth-order valence-corrected chi connectivity index (χ4v) is 3.70. The number of amides is 1. The molecule has 1 aliphatic rings. The van der Waals surface area contributed by atoms with Gasteiger partial charge < -0.3 is 10.2 Å². The fraction of sp³-hybridized carbons (Fsp3) is 0.300. The number of nitrogens with zero attached hydrogens (tertiary/aromatic N) is 7. The summed E-state index contributed by atoms with van der Waals surface area (Å²) in [7, 11) is 0. The maximum Gasteiger partial charge on any atom is 0.221 e. The molecule has 0 radical (unpaired) electrons. The number of anilines is 1. The highest BCUT2D eigenvalue weighted by Gasteiger charge is 2.24. The highest BCUT2D eigenvalue weighted by Crippen LogP contribution is 2.18. The summed E-state index contributed by atoms with van der Waals surface area (Å²) >= 11 is 0. The molecule has 0 unspecified atom stereocenters. The van der Waals surface area contributed by atoms with Crippen LogP contribution in [0.4, 0.5) is 5.82 Å². The number of pyridine rings is 1. The summed E-state index contributed by atoms with van der Waals surface area (Å²) in [4.78, 5) is 26.8. The Morgan fingerprint density at radius 1 is 1.28 bits per heavy atom. The molecule has 0 bridgehead atoms. The summed E-state index contributed by atoms with van der Waals surface area (Å²) in [6.45, 7) is 3.58. The molecule has 1 amide bonds. The van der Waals surface area contributed by atoms with Crippen LogP contribution in [0.5, 0.6) is 0 Å². The van der Waals surface area contributed by atoms with Crippen LogP contribution in [-0.2, 0) is 11.3 Å². The number of nitrogens with one attached hydrogen (secondary N) is 1. The van der Waals surface area contributed by atoms with Gasteiger partial charge in [-0.3, -0.25) is 9.78 Å². The third-order valence-electron chi connectivity index (χ3n) is 5.21. The van der Waals surface area contributed by atoms with Crippen LogP contribution in [0.2, 0.25) is 0 Å². The lowest BCUT2D eigenvalue weighted by Gasteiger charge is -2.15. The minimum absolute atomic E-state index is 0.101. The van der Waals surface area contributed by atoms with Gasteiger partial charge in [0.05, 0.1) is 18.3 Å². The molecule has 9 heteroatoms. The summed E-state index contributed by atoms with van der Waals surface area (Å²) < 4.78 is 1.75. The number of carbonyl (C=O) groups is 1. The van der Waals surface area contributed by atoms with Gasteiger partial charge in [0.1, 0.15) is 5.82 Å². The van der Waals surface area contributed by atoms with E-state index < -0.39 is 0 Å². The van der Waals surface area contributed by atoms with Gasteiger partial charge in [-0.05, 0) is 30.2 Å². The van der Waals surface area contributed by atoms with Gasteiger partial charge in [0.25, 0.3) is 0 Å². The molecule has 1 fully saturated rings. The third kappa shape index (κ3) is 3.46. The van der Waals surface area contributed by atoms with Crippen LogP contribution < -0.4 is 5.32 Å². The van der Waals surface area contributed by atoms with Crippen molar-refractivity contribution in [1.82, 2.24) is 34.8 Å². The van der Waals surface area contributed by atoms with Crippen molar-refractivity contribution in [3.63, 3.8) is 0 Å². The molecule has 1 atom stereocenters. The van der Waals surface area contributed by atoms with Crippen LogP contribution in [0.15, 0.2) is 42.7 Å². The third-order valence-corrected chi connectivity index (χ3v) is 5.21. The van der Waals surface area contributed by atoms with Crippen molar-refractivity contribution in [3.8, 4) is 0 Å². The van der Waals surface area contributed by atoms with Crippen LogP contribution in [0.1, 0.15) is 18.9 Å². The van der Waals surface area contributed by atoms with Crippen molar-refractivity contribution < 1.29 is 4.79 Å². The van der Waals surface area contributed by atoms with E-state index in [2.05, 4.69) is 36.6 Å².